The third kappa shape index (κ3) is 2.94. The van der Waals surface area contributed by atoms with Crippen LogP contribution in [-0.4, -0.2) is 12.6 Å². The summed E-state index contributed by atoms with van der Waals surface area (Å²) in [5.74, 6) is 0. The average molecular weight is 247 g/mol. The molecule has 0 bridgehead atoms. The number of nitrogens with two attached hydrogens (primary N) is 1. The molecule has 4 N–H and O–H groups in total. The molecule has 1 aromatic carbocycles. The Balaban J connectivity index is 1.92. The van der Waals surface area contributed by atoms with Crippen molar-refractivity contribution in [3.05, 3.63) is 29.8 Å². The zero-order chi connectivity index (χ0) is 13.0. The van der Waals surface area contributed by atoms with Crippen molar-refractivity contribution in [3.8, 4) is 0 Å². The quantitative estimate of drug-likeness (QED) is 0.552. The number of anilines is 1. The first-order chi connectivity index (χ1) is 8.66. The van der Waals surface area contributed by atoms with E-state index in [1.165, 1.54) is 0 Å². The Kier molecular flexibility index (Phi) is 3.75. The van der Waals surface area contributed by atoms with Gasteiger partial charge in [-0.25, -0.2) is 4.79 Å². The smallest absolute Gasteiger partial charge is 0.315 e. The van der Waals surface area contributed by atoms with Gasteiger partial charge in [0.15, 0.2) is 0 Å². The van der Waals surface area contributed by atoms with Crippen LogP contribution in [0.25, 0.3) is 0 Å². The number of hydrogen-bond acceptors (Lipinski definition) is 2. The van der Waals surface area contributed by atoms with Crippen molar-refractivity contribution in [2.45, 2.75) is 38.1 Å². The molecule has 0 radical (unpaired) electrons. The molecule has 2 rings (SSSR count). The van der Waals surface area contributed by atoms with Crippen molar-refractivity contribution in [2.24, 2.45) is 0 Å². The van der Waals surface area contributed by atoms with E-state index >= 15 is 0 Å². The van der Waals surface area contributed by atoms with Crippen LogP contribution in [0.5, 0.6) is 0 Å². The standard InChI is InChI=1S/C14H21N3O/c1-2-3-10-16-13(18)17-14(8-9-14)11-4-6-12(15)7-5-11/h4-7H,2-3,8-10,15H2,1H3,(H2,16,17,18). The summed E-state index contributed by atoms with van der Waals surface area (Å²) in [4.78, 5) is 11.8. The topological polar surface area (TPSA) is 67.2 Å². The molecule has 1 fully saturated rings. The predicted octanol–water partition coefficient (Wildman–Crippen LogP) is 2.36. The van der Waals surface area contributed by atoms with Gasteiger partial charge < -0.3 is 16.4 Å². The van der Waals surface area contributed by atoms with Crippen molar-refractivity contribution in [3.63, 3.8) is 0 Å². The van der Waals surface area contributed by atoms with Crippen molar-refractivity contribution < 1.29 is 4.79 Å². The van der Waals surface area contributed by atoms with E-state index in [9.17, 15) is 4.79 Å². The molecule has 1 saturated carbocycles. The molecule has 98 valence electrons. The van der Waals surface area contributed by atoms with E-state index in [4.69, 9.17) is 5.73 Å². The van der Waals surface area contributed by atoms with Gasteiger partial charge in [0.1, 0.15) is 0 Å². The minimum Gasteiger partial charge on any atom is -0.399 e. The van der Waals surface area contributed by atoms with Crippen LogP contribution in [0.3, 0.4) is 0 Å². The summed E-state index contributed by atoms with van der Waals surface area (Å²) >= 11 is 0. The largest absolute Gasteiger partial charge is 0.399 e. The van der Waals surface area contributed by atoms with Gasteiger partial charge in [0.25, 0.3) is 0 Å². The number of urea groups is 1. The summed E-state index contributed by atoms with van der Waals surface area (Å²) in [5.41, 5.74) is 7.40. The SMILES string of the molecule is CCCCNC(=O)NC1(c2ccc(N)cc2)CC1. The highest BCUT2D eigenvalue weighted by molar-refractivity contribution is 5.75. The third-order valence-corrected chi connectivity index (χ3v) is 3.38. The zero-order valence-corrected chi connectivity index (χ0v) is 10.8. The maximum absolute atomic E-state index is 11.8. The first kappa shape index (κ1) is 12.7. The Hall–Kier alpha value is -1.71. The molecule has 4 heteroatoms. The first-order valence-electron chi connectivity index (χ1n) is 6.58. The molecule has 0 atom stereocenters. The van der Waals surface area contributed by atoms with Crippen LogP contribution >= 0.6 is 0 Å². The normalized spacial score (nSPS) is 16.1. The van der Waals surface area contributed by atoms with Gasteiger partial charge in [-0.15, -0.1) is 0 Å². The maximum atomic E-state index is 11.8. The second-order valence-corrected chi connectivity index (χ2v) is 4.94. The molecule has 0 spiro atoms. The summed E-state index contributed by atoms with van der Waals surface area (Å²) < 4.78 is 0. The average Bonchev–Trinajstić information content (AvgIpc) is 3.11. The Morgan fingerprint density at radius 2 is 2.00 bits per heavy atom. The molecule has 0 unspecified atom stereocenters. The van der Waals surface area contributed by atoms with E-state index in [0.717, 1.165) is 43.5 Å². The summed E-state index contributed by atoms with van der Waals surface area (Å²) in [6, 6.07) is 7.68. The number of nitrogens with one attached hydrogen (secondary N) is 2. The number of carbonyl (C=O) groups excluding carboxylic acids is 1. The molecule has 2 amide bonds. The van der Waals surface area contributed by atoms with Crippen LogP contribution in [0.4, 0.5) is 10.5 Å². The number of amides is 2. The fourth-order valence-corrected chi connectivity index (χ4v) is 2.05. The minimum absolute atomic E-state index is 0.0715. The van der Waals surface area contributed by atoms with Crippen molar-refractivity contribution in [1.29, 1.82) is 0 Å². The fourth-order valence-electron chi connectivity index (χ4n) is 2.05. The molecule has 1 aliphatic rings. The molecule has 0 heterocycles. The van der Waals surface area contributed by atoms with Gasteiger partial charge >= 0.3 is 6.03 Å². The van der Waals surface area contributed by atoms with Gasteiger partial charge in [-0.3, -0.25) is 0 Å². The number of benzene rings is 1. The summed E-state index contributed by atoms with van der Waals surface area (Å²) in [6.07, 6.45) is 4.10. The number of nitrogen functional groups attached to an aromatic ring is 1. The Bertz CT molecular complexity index is 410. The highest BCUT2D eigenvalue weighted by atomic mass is 16.2. The Morgan fingerprint density at radius 3 is 2.56 bits per heavy atom. The van der Waals surface area contributed by atoms with Gasteiger partial charge in [-0.2, -0.15) is 0 Å². The molecule has 0 aliphatic heterocycles. The van der Waals surface area contributed by atoms with Crippen LogP contribution in [0, 0.1) is 0 Å². The molecular formula is C14H21N3O. The van der Waals surface area contributed by atoms with Crippen LogP contribution in [0.15, 0.2) is 24.3 Å². The third-order valence-electron chi connectivity index (χ3n) is 3.38. The number of hydrogen-bond donors (Lipinski definition) is 3. The predicted molar refractivity (Wildman–Crippen MR) is 73.2 cm³/mol. The van der Waals surface area contributed by atoms with Crippen molar-refractivity contribution in [2.75, 3.05) is 12.3 Å². The Morgan fingerprint density at radius 1 is 1.33 bits per heavy atom. The van der Waals surface area contributed by atoms with E-state index in [-0.39, 0.29) is 11.6 Å². The lowest BCUT2D eigenvalue weighted by molar-refractivity contribution is 0.235. The van der Waals surface area contributed by atoms with Crippen molar-refractivity contribution in [1.82, 2.24) is 10.6 Å². The van der Waals surface area contributed by atoms with E-state index in [0.29, 0.717) is 0 Å². The van der Waals surface area contributed by atoms with Crippen LogP contribution in [-0.2, 0) is 5.54 Å². The molecule has 18 heavy (non-hydrogen) atoms. The zero-order valence-electron chi connectivity index (χ0n) is 10.8. The highest BCUT2D eigenvalue weighted by Gasteiger charge is 2.45. The fraction of sp³-hybridized carbons (Fsp3) is 0.500. The number of unbranched alkanes of at least 4 members (excludes halogenated alkanes) is 1. The monoisotopic (exact) mass is 247 g/mol. The molecule has 4 nitrogen and oxygen atoms in total. The highest BCUT2D eigenvalue weighted by Crippen LogP contribution is 2.45. The van der Waals surface area contributed by atoms with Gasteiger partial charge in [0.05, 0.1) is 5.54 Å². The lowest BCUT2D eigenvalue weighted by atomic mass is 10.0. The van der Waals surface area contributed by atoms with Gasteiger partial charge in [-0.1, -0.05) is 25.5 Å². The maximum Gasteiger partial charge on any atom is 0.315 e. The Labute approximate surface area is 108 Å². The molecule has 0 saturated heterocycles. The van der Waals surface area contributed by atoms with Gasteiger partial charge in [0, 0.05) is 12.2 Å². The molecule has 1 aliphatic carbocycles. The van der Waals surface area contributed by atoms with E-state index in [2.05, 4.69) is 17.6 Å². The van der Waals surface area contributed by atoms with E-state index in [1.807, 2.05) is 24.3 Å². The lowest BCUT2D eigenvalue weighted by Crippen LogP contribution is -2.42. The van der Waals surface area contributed by atoms with Crippen molar-refractivity contribution >= 4 is 11.7 Å². The van der Waals surface area contributed by atoms with Gasteiger partial charge in [0.2, 0.25) is 0 Å². The summed E-state index contributed by atoms with van der Waals surface area (Å²) in [7, 11) is 0. The second-order valence-electron chi connectivity index (χ2n) is 4.94. The minimum atomic E-state index is -0.163. The molecular weight excluding hydrogens is 226 g/mol. The van der Waals surface area contributed by atoms with E-state index < -0.39 is 0 Å². The number of rotatable bonds is 5. The van der Waals surface area contributed by atoms with Crippen LogP contribution in [0.1, 0.15) is 38.2 Å². The van der Waals surface area contributed by atoms with Crippen LogP contribution < -0.4 is 16.4 Å². The first-order valence-corrected chi connectivity index (χ1v) is 6.58. The van der Waals surface area contributed by atoms with Crippen LogP contribution in [0.2, 0.25) is 0 Å². The summed E-state index contributed by atoms with van der Waals surface area (Å²) in [6.45, 7) is 2.84. The summed E-state index contributed by atoms with van der Waals surface area (Å²) in [5, 5.41) is 5.96. The van der Waals surface area contributed by atoms with Gasteiger partial charge in [-0.05, 0) is 37.0 Å². The second kappa shape index (κ2) is 5.29. The molecule has 1 aromatic rings. The lowest BCUT2D eigenvalue weighted by Gasteiger charge is -2.18. The number of carbonyl (C=O) groups is 1. The molecule has 0 aromatic heterocycles. The van der Waals surface area contributed by atoms with E-state index in [1.54, 1.807) is 0 Å².